The summed E-state index contributed by atoms with van der Waals surface area (Å²) in [4.78, 5) is 4.37. The zero-order valence-corrected chi connectivity index (χ0v) is 9.83. The number of aromatic nitrogens is 1. The minimum atomic E-state index is 0.464. The van der Waals surface area contributed by atoms with Crippen LogP contribution in [-0.2, 0) is 0 Å². The summed E-state index contributed by atoms with van der Waals surface area (Å²) in [6.07, 6.45) is 4.81. The van der Waals surface area contributed by atoms with Gasteiger partial charge in [0.1, 0.15) is 0 Å². The molecule has 15 heavy (non-hydrogen) atoms. The molecule has 2 atom stereocenters. The second-order valence-electron chi connectivity index (χ2n) is 4.70. The lowest BCUT2D eigenvalue weighted by molar-refractivity contribution is 0.368. The molecular weight excluding hydrogens is 184 g/mol. The van der Waals surface area contributed by atoms with Crippen molar-refractivity contribution in [2.24, 2.45) is 11.8 Å². The van der Waals surface area contributed by atoms with Gasteiger partial charge in [-0.15, -0.1) is 0 Å². The van der Waals surface area contributed by atoms with Crippen molar-refractivity contribution in [3.63, 3.8) is 0 Å². The predicted molar refractivity (Wildman–Crippen MR) is 62.7 cm³/mol. The van der Waals surface area contributed by atoms with E-state index in [9.17, 15) is 0 Å². The molecule has 0 radical (unpaired) electrons. The Labute approximate surface area is 92.1 Å². The number of aryl methyl sites for hydroxylation is 1. The molecular formula is C13H20N2. The molecule has 1 N–H and O–H groups in total. The van der Waals surface area contributed by atoms with E-state index in [0.717, 1.165) is 17.5 Å². The first kappa shape index (κ1) is 10.6. The van der Waals surface area contributed by atoms with Gasteiger partial charge in [0.15, 0.2) is 0 Å². The fourth-order valence-corrected chi connectivity index (χ4v) is 2.29. The molecule has 0 spiro atoms. The van der Waals surface area contributed by atoms with Gasteiger partial charge in [-0.3, -0.25) is 4.98 Å². The maximum absolute atomic E-state index is 4.37. The predicted octanol–water partition coefficient (Wildman–Crippen LogP) is 2.70. The number of hydrogen-bond donors (Lipinski definition) is 1. The van der Waals surface area contributed by atoms with Crippen LogP contribution in [0.5, 0.6) is 0 Å². The molecule has 2 unspecified atom stereocenters. The van der Waals surface area contributed by atoms with E-state index in [-0.39, 0.29) is 0 Å². The van der Waals surface area contributed by atoms with Gasteiger partial charge in [-0.05, 0) is 50.3 Å². The summed E-state index contributed by atoms with van der Waals surface area (Å²) in [6.45, 7) is 4.38. The lowest BCUT2D eigenvalue weighted by Crippen LogP contribution is -2.24. The lowest BCUT2D eigenvalue weighted by Gasteiger charge is -2.23. The summed E-state index contributed by atoms with van der Waals surface area (Å²) in [7, 11) is 2.05. The Bertz CT molecular complexity index is 314. The molecule has 0 amide bonds. The van der Waals surface area contributed by atoms with Gasteiger partial charge in [0, 0.05) is 17.9 Å². The molecule has 0 bridgehead atoms. The third kappa shape index (κ3) is 2.37. The Balaban J connectivity index is 2.14. The highest BCUT2D eigenvalue weighted by molar-refractivity contribution is 5.18. The second kappa shape index (κ2) is 4.31. The molecule has 1 heterocycles. The molecule has 0 aromatic carbocycles. The van der Waals surface area contributed by atoms with Crippen LogP contribution >= 0.6 is 0 Å². The first-order valence-corrected chi connectivity index (χ1v) is 5.82. The Morgan fingerprint density at radius 2 is 2.13 bits per heavy atom. The first-order valence-electron chi connectivity index (χ1n) is 5.82. The number of hydrogen-bond acceptors (Lipinski definition) is 2. The highest BCUT2D eigenvalue weighted by Crippen LogP contribution is 2.42. The number of nitrogens with one attached hydrogen (secondary N) is 1. The molecule has 1 fully saturated rings. The van der Waals surface area contributed by atoms with Gasteiger partial charge in [-0.2, -0.15) is 0 Å². The first-order chi connectivity index (χ1) is 7.22. The van der Waals surface area contributed by atoms with Crippen LogP contribution in [0.15, 0.2) is 18.3 Å². The van der Waals surface area contributed by atoms with E-state index < -0.39 is 0 Å². The summed E-state index contributed by atoms with van der Waals surface area (Å²) >= 11 is 0. The monoisotopic (exact) mass is 204 g/mol. The fourth-order valence-electron chi connectivity index (χ4n) is 2.29. The lowest BCUT2D eigenvalue weighted by atomic mass is 9.91. The van der Waals surface area contributed by atoms with Crippen LogP contribution in [0.25, 0.3) is 0 Å². The summed E-state index contributed by atoms with van der Waals surface area (Å²) in [6, 6.07) is 4.76. The van der Waals surface area contributed by atoms with Crippen molar-refractivity contribution in [3.8, 4) is 0 Å². The second-order valence-corrected chi connectivity index (χ2v) is 4.70. The Morgan fingerprint density at radius 1 is 1.40 bits per heavy atom. The van der Waals surface area contributed by atoms with E-state index in [2.05, 4.69) is 29.4 Å². The fraction of sp³-hybridized carbons (Fsp3) is 0.615. The third-order valence-electron chi connectivity index (χ3n) is 3.50. The van der Waals surface area contributed by atoms with E-state index in [4.69, 9.17) is 0 Å². The molecule has 0 aliphatic heterocycles. The normalized spacial score (nSPS) is 19.9. The summed E-state index contributed by atoms with van der Waals surface area (Å²) in [5, 5.41) is 3.42. The summed E-state index contributed by atoms with van der Waals surface area (Å²) in [5.74, 6) is 1.64. The highest BCUT2D eigenvalue weighted by atomic mass is 14.9. The van der Waals surface area contributed by atoms with Crippen LogP contribution in [0.4, 0.5) is 0 Å². The van der Waals surface area contributed by atoms with Crippen molar-refractivity contribution in [1.82, 2.24) is 10.3 Å². The molecule has 1 aliphatic carbocycles. The average Bonchev–Trinajstić information content (AvgIpc) is 3.05. The molecule has 1 saturated carbocycles. The molecule has 1 aliphatic rings. The van der Waals surface area contributed by atoms with Gasteiger partial charge in [-0.25, -0.2) is 0 Å². The van der Waals surface area contributed by atoms with Crippen LogP contribution in [0.3, 0.4) is 0 Å². The largest absolute Gasteiger partial charge is 0.313 e. The molecule has 2 nitrogen and oxygen atoms in total. The standard InChI is InChI=1S/C13H20N2/c1-9-4-5-12(8-15-9)13(14-3)10(2)11-6-7-11/h4-5,8,10-11,13-14H,6-7H2,1-3H3. The van der Waals surface area contributed by atoms with Crippen molar-refractivity contribution in [2.75, 3.05) is 7.05 Å². The Hall–Kier alpha value is -0.890. The van der Waals surface area contributed by atoms with Crippen molar-refractivity contribution in [2.45, 2.75) is 32.7 Å². The van der Waals surface area contributed by atoms with E-state index in [0.29, 0.717) is 6.04 Å². The van der Waals surface area contributed by atoms with E-state index in [1.165, 1.54) is 18.4 Å². The van der Waals surface area contributed by atoms with Gasteiger partial charge in [0.2, 0.25) is 0 Å². The van der Waals surface area contributed by atoms with E-state index in [1.54, 1.807) is 0 Å². The van der Waals surface area contributed by atoms with Crippen LogP contribution in [0.1, 0.15) is 37.1 Å². The SMILES string of the molecule is CNC(c1ccc(C)nc1)C(C)C1CC1. The average molecular weight is 204 g/mol. The van der Waals surface area contributed by atoms with Crippen molar-refractivity contribution in [3.05, 3.63) is 29.6 Å². The molecule has 0 saturated heterocycles. The zero-order valence-electron chi connectivity index (χ0n) is 9.83. The minimum absolute atomic E-state index is 0.464. The molecule has 2 rings (SSSR count). The minimum Gasteiger partial charge on any atom is -0.313 e. The number of rotatable bonds is 4. The van der Waals surface area contributed by atoms with Crippen LogP contribution in [0.2, 0.25) is 0 Å². The van der Waals surface area contributed by atoms with Crippen molar-refractivity contribution in [1.29, 1.82) is 0 Å². The van der Waals surface area contributed by atoms with Gasteiger partial charge in [0.05, 0.1) is 0 Å². The van der Waals surface area contributed by atoms with Crippen LogP contribution in [-0.4, -0.2) is 12.0 Å². The number of pyridine rings is 1. The maximum Gasteiger partial charge on any atom is 0.0372 e. The van der Waals surface area contributed by atoms with Gasteiger partial charge < -0.3 is 5.32 Å². The molecule has 82 valence electrons. The number of nitrogens with zero attached hydrogens (tertiary/aromatic N) is 1. The van der Waals surface area contributed by atoms with Crippen LogP contribution in [0, 0.1) is 18.8 Å². The molecule has 1 aromatic heterocycles. The Morgan fingerprint density at radius 3 is 2.60 bits per heavy atom. The van der Waals surface area contributed by atoms with Gasteiger partial charge in [0.25, 0.3) is 0 Å². The molecule has 1 aromatic rings. The smallest absolute Gasteiger partial charge is 0.0372 e. The third-order valence-corrected chi connectivity index (χ3v) is 3.50. The van der Waals surface area contributed by atoms with E-state index >= 15 is 0 Å². The maximum atomic E-state index is 4.37. The van der Waals surface area contributed by atoms with E-state index in [1.807, 2.05) is 20.2 Å². The van der Waals surface area contributed by atoms with Crippen LogP contribution < -0.4 is 5.32 Å². The summed E-state index contributed by atoms with van der Waals surface area (Å²) in [5.41, 5.74) is 2.41. The highest BCUT2D eigenvalue weighted by Gasteiger charge is 2.33. The van der Waals surface area contributed by atoms with Gasteiger partial charge in [-0.1, -0.05) is 13.0 Å². The van der Waals surface area contributed by atoms with Gasteiger partial charge >= 0.3 is 0 Å². The zero-order chi connectivity index (χ0) is 10.8. The van der Waals surface area contributed by atoms with Crippen molar-refractivity contribution >= 4 is 0 Å². The summed E-state index contributed by atoms with van der Waals surface area (Å²) < 4.78 is 0. The Kier molecular flexibility index (Phi) is 3.06. The quantitative estimate of drug-likeness (QED) is 0.815. The topological polar surface area (TPSA) is 24.9 Å². The van der Waals surface area contributed by atoms with Crippen molar-refractivity contribution < 1.29 is 0 Å². The molecule has 2 heteroatoms.